The Morgan fingerprint density at radius 1 is 1.12 bits per heavy atom. The minimum atomic E-state index is -0.326. The zero-order valence-corrected chi connectivity index (χ0v) is 11.9. The molecule has 0 aliphatic heterocycles. The fourth-order valence-electron chi connectivity index (χ4n) is 1.67. The first-order chi connectivity index (χ1) is 7.65. The highest BCUT2D eigenvalue weighted by atomic mass is 16.5. The predicted molar refractivity (Wildman–Crippen MR) is 73.6 cm³/mol. The van der Waals surface area contributed by atoms with Gasteiger partial charge in [0.15, 0.2) is 0 Å². The van der Waals surface area contributed by atoms with E-state index in [9.17, 15) is 0 Å². The van der Waals surface area contributed by atoms with Crippen LogP contribution >= 0.6 is 0 Å². The Balaban J connectivity index is 3.17. The molecule has 0 spiro atoms. The Kier molecular flexibility index (Phi) is 3.88. The van der Waals surface area contributed by atoms with Crippen molar-refractivity contribution in [2.75, 3.05) is 6.54 Å². The summed E-state index contributed by atoms with van der Waals surface area (Å²) in [6.07, 6.45) is 0. The number of rotatable bonds is 3. The van der Waals surface area contributed by atoms with E-state index in [2.05, 4.69) is 45.9 Å². The van der Waals surface area contributed by atoms with E-state index in [0.29, 0.717) is 6.54 Å². The second-order valence-electron chi connectivity index (χ2n) is 6.32. The Labute approximate surface area is 105 Å². The molecule has 0 saturated heterocycles. The van der Waals surface area contributed by atoms with Gasteiger partial charge in [-0.15, -0.1) is 0 Å². The standard InChI is InChI=1S/C15H25NO/c1-11-7-8-12(14(2,3)4)13(9-11)17-15(5,6)10-16/h7-9H,10,16H2,1-6H3. The summed E-state index contributed by atoms with van der Waals surface area (Å²) in [5.41, 5.74) is 7.91. The van der Waals surface area contributed by atoms with E-state index in [1.807, 2.05) is 13.8 Å². The second kappa shape index (κ2) is 4.69. The van der Waals surface area contributed by atoms with Gasteiger partial charge in [0.05, 0.1) is 0 Å². The molecule has 2 heteroatoms. The summed E-state index contributed by atoms with van der Waals surface area (Å²) < 4.78 is 6.06. The summed E-state index contributed by atoms with van der Waals surface area (Å²) in [7, 11) is 0. The van der Waals surface area contributed by atoms with Gasteiger partial charge in [-0.2, -0.15) is 0 Å². The van der Waals surface area contributed by atoms with Gasteiger partial charge >= 0.3 is 0 Å². The van der Waals surface area contributed by atoms with Crippen molar-refractivity contribution < 1.29 is 4.74 Å². The molecule has 0 unspecified atom stereocenters. The van der Waals surface area contributed by atoms with Crippen molar-refractivity contribution in [1.29, 1.82) is 0 Å². The van der Waals surface area contributed by atoms with Crippen molar-refractivity contribution >= 4 is 0 Å². The molecular weight excluding hydrogens is 210 g/mol. The third-order valence-electron chi connectivity index (χ3n) is 2.82. The van der Waals surface area contributed by atoms with Gasteiger partial charge in [0.25, 0.3) is 0 Å². The van der Waals surface area contributed by atoms with E-state index in [0.717, 1.165) is 5.75 Å². The van der Waals surface area contributed by atoms with Crippen molar-refractivity contribution in [3.63, 3.8) is 0 Å². The highest BCUT2D eigenvalue weighted by molar-refractivity contribution is 5.41. The Morgan fingerprint density at radius 3 is 2.18 bits per heavy atom. The van der Waals surface area contributed by atoms with E-state index >= 15 is 0 Å². The van der Waals surface area contributed by atoms with Crippen molar-refractivity contribution in [2.45, 2.75) is 52.6 Å². The highest BCUT2D eigenvalue weighted by Crippen LogP contribution is 2.33. The summed E-state index contributed by atoms with van der Waals surface area (Å²) in [5.74, 6) is 0.952. The average Bonchev–Trinajstić information content (AvgIpc) is 2.15. The molecule has 17 heavy (non-hydrogen) atoms. The normalized spacial score (nSPS) is 12.6. The number of hydrogen-bond donors (Lipinski definition) is 1. The van der Waals surface area contributed by atoms with Crippen LogP contribution in [0.4, 0.5) is 0 Å². The van der Waals surface area contributed by atoms with E-state index in [1.165, 1.54) is 11.1 Å². The first-order valence-corrected chi connectivity index (χ1v) is 6.16. The minimum Gasteiger partial charge on any atom is -0.486 e. The van der Waals surface area contributed by atoms with Crippen molar-refractivity contribution in [1.82, 2.24) is 0 Å². The molecule has 0 atom stereocenters. The van der Waals surface area contributed by atoms with Crippen LogP contribution < -0.4 is 10.5 Å². The molecule has 1 aromatic rings. The third-order valence-corrected chi connectivity index (χ3v) is 2.82. The molecule has 0 amide bonds. The summed E-state index contributed by atoms with van der Waals surface area (Å²) in [4.78, 5) is 0. The van der Waals surface area contributed by atoms with Gasteiger partial charge in [-0.3, -0.25) is 0 Å². The molecule has 0 heterocycles. The van der Waals surface area contributed by atoms with Crippen LogP contribution in [0.1, 0.15) is 45.7 Å². The second-order valence-corrected chi connectivity index (χ2v) is 6.32. The lowest BCUT2D eigenvalue weighted by Gasteiger charge is -2.30. The SMILES string of the molecule is Cc1ccc(C(C)(C)C)c(OC(C)(C)CN)c1. The minimum absolute atomic E-state index is 0.0771. The van der Waals surface area contributed by atoms with Crippen molar-refractivity contribution in [3.05, 3.63) is 29.3 Å². The number of ether oxygens (including phenoxy) is 1. The van der Waals surface area contributed by atoms with Gasteiger partial charge in [0.2, 0.25) is 0 Å². The maximum absolute atomic E-state index is 6.06. The monoisotopic (exact) mass is 235 g/mol. The average molecular weight is 235 g/mol. The zero-order valence-electron chi connectivity index (χ0n) is 11.9. The molecule has 0 fully saturated rings. The molecule has 2 nitrogen and oxygen atoms in total. The largest absolute Gasteiger partial charge is 0.486 e. The van der Waals surface area contributed by atoms with E-state index in [-0.39, 0.29) is 11.0 Å². The van der Waals surface area contributed by atoms with Gasteiger partial charge in [-0.1, -0.05) is 32.9 Å². The summed E-state index contributed by atoms with van der Waals surface area (Å²) in [5, 5.41) is 0. The molecule has 0 radical (unpaired) electrons. The highest BCUT2D eigenvalue weighted by Gasteiger charge is 2.24. The Bertz CT molecular complexity index is 388. The molecule has 0 saturated carbocycles. The van der Waals surface area contributed by atoms with Gasteiger partial charge in [-0.25, -0.2) is 0 Å². The smallest absolute Gasteiger partial charge is 0.124 e. The number of hydrogen-bond acceptors (Lipinski definition) is 2. The lowest BCUT2D eigenvalue weighted by atomic mass is 9.85. The summed E-state index contributed by atoms with van der Waals surface area (Å²) in [6, 6.07) is 6.37. The summed E-state index contributed by atoms with van der Waals surface area (Å²) in [6.45, 7) is 13.2. The topological polar surface area (TPSA) is 35.2 Å². The zero-order chi connectivity index (χ0) is 13.3. The predicted octanol–water partition coefficient (Wildman–Crippen LogP) is 3.41. The maximum Gasteiger partial charge on any atom is 0.124 e. The molecule has 1 aromatic carbocycles. The van der Waals surface area contributed by atoms with Crippen LogP contribution in [0.25, 0.3) is 0 Å². The van der Waals surface area contributed by atoms with Crippen LogP contribution in [0.5, 0.6) is 5.75 Å². The molecule has 0 aliphatic carbocycles. The van der Waals surface area contributed by atoms with Crippen molar-refractivity contribution in [2.24, 2.45) is 5.73 Å². The van der Waals surface area contributed by atoms with Gasteiger partial charge in [-0.05, 0) is 43.4 Å². The molecule has 0 aliphatic rings. The van der Waals surface area contributed by atoms with E-state index < -0.39 is 0 Å². The third kappa shape index (κ3) is 3.74. The maximum atomic E-state index is 6.06. The van der Waals surface area contributed by atoms with E-state index in [1.54, 1.807) is 0 Å². The lowest BCUT2D eigenvalue weighted by molar-refractivity contribution is 0.116. The van der Waals surface area contributed by atoms with E-state index in [4.69, 9.17) is 10.5 Å². The quantitative estimate of drug-likeness (QED) is 0.871. The molecule has 0 bridgehead atoms. The van der Waals surface area contributed by atoms with Gasteiger partial charge in [0.1, 0.15) is 11.4 Å². The van der Waals surface area contributed by atoms with Gasteiger partial charge < -0.3 is 10.5 Å². The van der Waals surface area contributed by atoms with Crippen molar-refractivity contribution in [3.8, 4) is 5.75 Å². The lowest BCUT2D eigenvalue weighted by Crippen LogP contribution is -2.37. The van der Waals surface area contributed by atoms with Crippen LogP contribution in [-0.2, 0) is 5.41 Å². The fourth-order valence-corrected chi connectivity index (χ4v) is 1.67. The summed E-state index contributed by atoms with van der Waals surface area (Å²) >= 11 is 0. The Hall–Kier alpha value is -1.02. The molecule has 0 aromatic heterocycles. The molecule has 96 valence electrons. The van der Waals surface area contributed by atoms with Crippen LogP contribution in [0, 0.1) is 6.92 Å². The van der Waals surface area contributed by atoms with Crippen LogP contribution in [-0.4, -0.2) is 12.1 Å². The number of benzene rings is 1. The fraction of sp³-hybridized carbons (Fsp3) is 0.600. The van der Waals surface area contributed by atoms with Crippen LogP contribution in [0.2, 0.25) is 0 Å². The van der Waals surface area contributed by atoms with Crippen LogP contribution in [0.3, 0.4) is 0 Å². The molecular formula is C15H25NO. The Morgan fingerprint density at radius 2 is 1.71 bits per heavy atom. The first-order valence-electron chi connectivity index (χ1n) is 6.16. The number of aryl methyl sites for hydroxylation is 1. The van der Waals surface area contributed by atoms with Crippen LogP contribution in [0.15, 0.2) is 18.2 Å². The van der Waals surface area contributed by atoms with Gasteiger partial charge in [0, 0.05) is 6.54 Å². The first kappa shape index (κ1) is 14.0. The number of nitrogens with two attached hydrogens (primary N) is 1. The molecule has 2 N–H and O–H groups in total. The molecule has 1 rings (SSSR count).